The number of carbonyl (C=O) groups excluding carboxylic acids is 2. The highest BCUT2D eigenvalue weighted by Crippen LogP contribution is 2.31. The number of allylic oxidation sites excluding steroid dienone is 4. The fraction of sp³-hybridized carbons (Fsp3) is 0.0938. The Bertz CT molecular complexity index is 1800. The van der Waals surface area contributed by atoms with Gasteiger partial charge in [0.2, 0.25) is 5.88 Å². The summed E-state index contributed by atoms with van der Waals surface area (Å²) in [6.07, 6.45) is 6.45. The van der Waals surface area contributed by atoms with E-state index in [1.165, 1.54) is 0 Å². The van der Waals surface area contributed by atoms with Crippen LogP contribution in [0.1, 0.15) is 30.5 Å². The lowest BCUT2D eigenvalue weighted by Crippen LogP contribution is -2.42. The molecule has 1 aliphatic heterocycles. The Morgan fingerprint density at radius 2 is 1.57 bits per heavy atom. The van der Waals surface area contributed by atoms with Crippen molar-refractivity contribution < 1.29 is 14.7 Å². The Hall–Kier alpha value is -5.73. The van der Waals surface area contributed by atoms with Gasteiger partial charge in [-0.25, -0.2) is 9.41 Å². The van der Waals surface area contributed by atoms with E-state index < -0.39 is 17.4 Å². The average molecular weight is 529 g/mol. The van der Waals surface area contributed by atoms with Crippen LogP contribution in [0.2, 0.25) is 0 Å². The van der Waals surface area contributed by atoms with E-state index >= 15 is 0 Å². The number of hydrogen-bond acceptors (Lipinski definition) is 5. The van der Waals surface area contributed by atoms with Crippen LogP contribution in [0.15, 0.2) is 106 Å². The molecule has 0 atom stereocenters. The van der Waals surface area contributed by atoms with Crippen molar-refractivity contribution in [3.05, 3.63) is 140 Å². The molecule has 196 valence electrons. The monoisotopic (exact) mass is 528 g/mol. The van der Waals surface area contributed by atoms with Crippen LogP contribution in [0.4, 0.5) is 5.69 Å². The summed E-state index contributed by atoms with van der Waals surface area (Å²) >= 11 is 0. The summed E-state index contributed by atoms with van der Waals surface area (Å²) < 4.78 is 1.09. The van der Waals surface area contributed by atoms with Crippen LogP contribution in [0.3, 0.4) is 0 Å². The lowest BCUT2D eigenvalue weighted by molar-refractivity contribution is -0.123. The zero-order chi connectivity index (χ0) is 29.0. The summed E-state index contributed by atoms with van der Waals surface area (Å²) in [4.78, 5) is 43.5. The molecule has 40 heavy (non-hydrogen) atoms. The quantitative estimate of drug-likeness (QED) is 0.207. The Morgan fingerprint density at radius 3 is 2.15 bits per heavy atom. The van der Waals surface area contributed by atoms with E-state index in [0.717, 1.165) is 9.47 Å². The van der Waals surface area contributed by atoms with Crippen molar-refractivity contribution >= 4 is 23.6 Å². The molecule has 1 aliphatic rings. The van der Waals surface area contributed by atoms with Gasteiger partial charge in [-0.2, -0.15) is 5.26 Å². The van der Waals surface area contributed by atoms with Crippen LogP contribution in [0, 0.1) is 24.8 Å². The van der Waals surface area contributed by atoms with E-state index in [2.05, 4.69) is 4.85 Å². The summed E-state index contributed by atoms with van der Waals surface area (Å²) in [7, 11) is 0. The number of imide groups is 1. The smallest absolute Gasteiger partial charge is 0.276 e. The number of amides is 2. The molecule has 2 heterocycles. The topological polar surface area (TPSA) is 108 Å². The Labute approximate surface area is 231 Å². The highest BCUT2D eigenvalue weighted by molar-refractivity contribution is 6.30. The number of anilines is 1. The Balaban J connectivity index is 1.76. The lowest BCUT2D eigenvalue weighted by atomic mass is 9.97. The van der Waals surface area contributed by atoms with Crippen molar-refractivity contribution in [2.45, 2.75) is 20.8 Å². The maximum Gasteiger partial charge on any atom is 0.276 e. The van der Waals surface area contributed by atoms with Crippen molar-refractivity contribution in [1.82, 2.24) is 4.57 Å². The number of hydrogen-bond donors (Lipinski definition) is 1. The Kier molecular flexibility index (Phi) is 7.74. The normalized spacial score (nSPS) is 15.1. The Morgan fingerprint density at radius 1 is 0.975 bits per heavy atom. The second kappa shape index (κ2) is 11.3. The second-order valence-electron chi connectivity index (χ2n) is 9.02. The molecule has 1 N–H and O–H groups in total. The fourth-order valence-corrected chi connectivity index (χ4v) is 4.33. The minimum absolute atomic E-state index is 0.0871. The first kappa shape index (κ1) is 27.3. The minimum atomic E-state index is -0.672. The summed E-state index contributed by atoms with van der Waals surface area (Å²) in [6, 6.07) is 18.9. The first-order chi connectivity index (χ1) is 19.2. The largest absolute Gasteiger partial charge is 0.494 e. The summed E-state index contributed by atoms with van der Waals surface area (Å²) in [5.41, 5.74) is 1.71. The van der Waals surface area contributed by atoms with E-state index in [1.807, 2.05) is 6.07 Å². The summed E-state index contributed by atoms with van der Waals surface area (Å²) in [6.45, 7) is 12.4. The van der Waals surface area contributed by atoms with Crippen LogP contribution in [-0.4, -0.2) is 21.5 Å². The van der Waals surface area contributed by atoms with Gasteiger partial charge >= 0.3 is 0 Å². The first-order valence-electron chi connectivity index (χ1n) is 12.2. The molecule has 8 heteroatoms. The van der Waals surface area contributed by atoms with Gasteiger partial charge in [-0.05, 0) is 62.2 Å². The molecule has 4 rings (SSSR count). The fourth-order valence-electron chi connectivity index (χ4n) is 4.33. The number of rotatable bonds is 5. The number of aromatic nitrogens is 1. The molecule has 0 saturated heterocycles. The van der Waals surface area contributed by atoms with Crippen LogP contribution in [0.25, 0.3) is 16.6 Å². The van der Waals surface area contributed by atoms with Crippen LogP contribution in [0.5, 0.6) is 5.88 Å². The third kappa shape index (κ3) is 4.90. The van der Waals surface area contributed by atoms with Crippen molar-refractivity contribution in [3.8, 4) is 17.6 Å². The number of pyridine rings is 1. The van der Waals surface area contributed by atoms with Gasteiger partial charge in [0.1, 0.15) is 11.6 Å². The number of benzene rings is 2. The van der Waals surface area contributed by atoms with Crippen molar-refractivity contribution in [1.29, 1.82) is 5.26 Å². The molecule has 0 aliphatic carbocycles. The molecule has 2 aromatic carbocycles. The predicted octanol–water partition coefficient (Wildman–Crippen LogP) is 5.38. The van der Waals surface area contributed by atoms with Gasteiger partial charge in [-0.15, -0.1) is 0 Å². The molecular formula is C32H24N4O4. The van der Waals surface area contributed by atoms with Gasteiger partial charge in [0.15, 0.2) is 0 Å². The lowest BCUT2D eigenvalue weighted by Gasteiger charge is -2.27. The molecule has 0 fully saturated rings. The molecule has 8 nitrogen and oxygen atoms in total. The molecule has 3 aromatic rings. The van der Waals surface area contributed by atoms with E-state index in [1.54, 1.807) is 106 Å². The molecule has 1 aromatic heterocycles. The highest BCUT2D eigenvalue weighted by Gasteiger charge is 2.36. The van der Waals surface area contributed by atoms with Crippen LogP contribution >= 0.6 is 0 Å². The average Bonchev–Trinajstić information content (AvgIpc) is 2.94. The van der Waals surface area contributed by atoms with Gasteiger partial charge in [0, 0.05) is 11.1 Å². The van der Waals surface area contributed by atoms with Crippen molar-refractivity contribution in [2.24, 2.45) is 0 Å². The maximum atomic E-state index is 13.3. The molecular weight excluding hydrogens is 504 g/mol. The molecule has 0 unspecified atom stereocenters. The first-order valence-corrected chi connectivity index (χ1v) is 12.2. The van der Waals surface area contributed by atoms with E-state index in [-0.39, 0.29) is 28.3 Å². The van der Waals surface area contributed by atoms with Gasteiger partial charge in [0.05, 0.1) is 17.9 Å². The van der Waals surface area contributed by atoms with Gasteiger partial charge < -0.3 is 5.11 Å². The van der Waals surface area contributed by atoms with Crippen molar-refractivity contribution in [3.63, 3.8) is 0 Å². The zero-order valence-electron chi connectivity index (χ0n) is 22.0. The number of nitriles is 1. The molecule has 0 spiro atoms. The maximum absolute atomic E-state index is 13.3. The van der Waals surface area contributed by atoms with Gasteiger partial charge in [-0.1, -0.05) is 60.2 Å². The van der Waals surface area contributed by atoms with Gasteiger partial charge in [-0.3, -0.25) is 19.3 Å². The van der Waals surface area contributed by atoms with Crippen LogP contribution in [-0.2, 0) is 9.59 Å². The number of para-hydroxylation sites is 2. The van der Waals surface area contributed by atoms with Crippen LogP contribution < -0.4 is 10.5 Å². The third-order valence-electron chi connectivity index (χ3n) is 6.53. The molecule has 2 amide bonds. The second-order valence-corrected chi connectivity index (χ2v) is 9.02. The molecule has 0 radical (unpaired) electrons. The minimum Gasteiger partial charge on any atom is -0.494 e. The highest BCUT2D eigenvalue weighted by atomic mass is 16.3. The van der Waals surface area contributed by atoms with Gasteiger partial charge in [0.25, 0.3) is 23.1 Å². The number of carbonyl (C=O) groups is 2. The standard InChI is InChI=1S/C32H24N4O4/c1-20(15-17-25-21(2)27(19-33)31(39)35(29(25)37)23-11-7-5-8-12-23)16-18-26-22(3)28(34-4)32(40)36(30(26)38)24-13-9-6-10-14-24/h5-18,37H,1-3H3/b17-15?,20-16?,26-18-. The predicted molar refractivity (Wildman–Crippen MR) is 152 cm³/mol. The van der Waals surface area contributed by atoms with Crippen molar-refractivity contribution in [2.75, 3.05) is 4.90 Å². The molecule has 0 saturated carbocycles. The molecule has 0 bridgehead atoms. The zero-order valence-corrected chi connectivity index (χ0v) is 22.0. The summed E-state index contributed by atoms with van der Waals surface area (Å²) in [5, 5.41) is 20.6. The van der Waals surface area contributed by atoms with E-state index in [9.17, 15) is 24.8 Å². The SMILES string of the molecule is [C-]#[N+]C1=C(C)/C(=C/C=C(C)C=Cc2c(C)c(C#N)c(=O)n(-c3ccccc3)c2O)C(=O)N(c2ccccc2)C1=O. The third-order valence-corrected chi connectivity index (χ3v) is 6.53. The summed E-state index contributed by atoms with van der Waals surface area (Å²) in [5.74, 6) is -1.53. The number of aromatic hydroxyl groups is 1. The number of nitrogens with zero attached hydrogens (tertiary/aromatic N) is 4. The van der Waals surface area contributed by atoms with E-state index in [0.29, 0.717) is 28.1 Å². The van der Waals surface area contributed by atoms with E-state index in [4.69, 9.17) is 6.57 Å².